The van der Waals surface area contributed by atoms with Crippen LogP contribution in [-0.4, -0.2) is 59.6 Å². The Bertz CT molecular complexity index is 699. The van der Waals surface area contributed by atoms with Crippen molar-refractivity contribution in [2.75, 3.05) is 13.1 Å². The van der Waals surface area contributed by atoms with E-state index in [0.717, 1.165) is 32.1 Å². The monoisotopic (exact) mass is 574 g/mol. The van der Waals surface area contributed by atoms with Gasteiger partial charge in [-0.2, -0.15) is 0 Å². The third-order valence-corrected chi connectivity index (χ3v) is 5.27. The number of carboxylic acids is 1. The van der Waals surface area contributed by atoms with E-state index in [1.54, 1.807) is 20.8 Å². The fourth-order valence-corrected chi connectivity index (χ4v) is 3.40. The molecular formula is C30H58N2O8. The van der Waals surface area contributed by atoms with Gasteiger partial charge >= 0.3 is 24.1 Å². The highest BCUT2D eigenvalue weighted by atomic mass is 16.6. The summed E-state index contributed by atoms with van der Waals surface area (Å²) in [5.41, 5.74) is -1.02. The zero-order chi connectivity index (χ0) is 31.0. The van der Waals surface area contributed by atoms with Crippen LogP contribution in [0.15, 0.2) is 0 Å². The first-order chi connectivity index (χ1) is 18.6. The molecule has 236 valence electrons. The smallest absolute Gasteiger partial charge is 0.407 e. The Hall–Kier alpha value is -2.52. The average molecular weight is 575 g/mol. The molecule has 2 amide bonds. The van der Waals surface area contributed by atoms with Crippen molar-refractivity contribution in [2.24, 2.45) is 0 Å². The molecule has 0 bridgehead atoms. The van der Waals surface area contributed by atoms with Crippen molar-refractivity contribution in [3.63, 3.8) is 0 Å². The van der Waals surface area contributed by atoms with Gasteiger partial charge in [0.2, 0.25) is 0 Å². The Balaban J connectivity index is 0. The van der Waals surface area contributed by atoms with Crippen molar-refractivity contribution in [3.8, 4) is 0 Å². The number of aliphatic carboxylic acids is 1. The van der Waals surface area contributed by atoms with Crippen molar-refractivity contribution in [1.29, 1.82) is 0 Å². The quantitative estimate of drug-likeness (QED) is 0.0892. The predicted octanol–water partition coefficient (Wildman–Crippen LogP) is 7.13. The van der Waals surface area contributed by atoms with Crippen LogP contribution in [0, 0.1) is 0 Å². The van der Waals surface area contributed by atoms with Crippen LogP contribution in [-0.2, 0) is 23.8 Å². The Kier molecular flexibility index (Phi) is 23.0. The number of carboxylic acid groups (broad SMARTS) is 1. The number of nitrogens with one attached hydrogen (secondary N) is 2. The van der Waals surface area contributed by atoms with Gasteiger partial charge in [0.15, 0.2) is 0 Å². The number of amides is 2. The molecule has 0 aromatic heterocycles. The van der Waals surface area contributed by atoms with Gasteiger partial charge in [-0.3, -0.25) is 9.59 Å². The number of carbonyl (C=O) groups is 4. The summed E-state index contributed by atoms with van der Waals surface area (Å²) in [5.74, 6) is -1.03. The molecule has 0 fully saturated rings. The van der Waals surface area contributed by atoms with Crippen molar-refractivity contribution in [2.45, 2.75) is 156 Å². The molecule has 0 heterocycles. The van der Waals surface area contributed by atoms with Gasteiger partial charge in [0, 0.05) is 25.9 Å². The SMILES string of the molecule is CC(C)(C)OC(=O)NCCCC(=O)O.CCCCCCCC(CCCC)OC(=O)CCCNC(=O)OC(C)(C)C. The first kappa shape index (κ1) is 39.6. The molecule has 0 aliphatic rings. The van der Waals surface area contributed by atoms with Crippen LogP contribution in [0.2, 0.25) is 0 Å². The van der Waals surface area contributed by atoms with E-state index >= 15 is 0 Å². The molecular weight excluding hydrogens is 516 g/mol. The van der Waals surface area contributed by atoms with E-state index < -0.39 is 29.4 Å². The Labute approximate surface area is 242 Å². The Morgan fingerprint density at radius 1 is 0.650 bits per heavy atom. The molecule has 0 aliphatic carbocycles. The molecule has 10 nitrogen and oxygen atoms in total. The summed E-state index contributed by atoms with van der Waals surface area (Å²) >= 11 is 0. The minimum Gasteiger partial charge on any atom is -0.481 e. The van der Waals surface area contributed by atoms with Gasteiger partial charge in [0.25, 0.3) is 0 Å². The predicted molar refractivity (Wildman–Crippen MR) is 157 cm³/mol. The number of rotatable bonds is 18. The molecule has 10 heteroatoms. The van der Waals surface area contributed by atoms with Crippen molar-refractivity contribution in [3.05, 3.63) is 0 Å². The van der Waals surface area contributed by atoms with E-state index in [4.69, 9.17) is 19.3 Å². The molecule has 1 atom stereocenters. The summed E-state index contributed by atoms with van der Waals surface area (Å²) in [7, 11) is 0. The van der Waals surface area contributed by atoms with Gasteiger partial charge in [-0.15, -0.1) is 0 Å². The lowest BCUT2D eigenvalue weighted by Crippen LogP contribution is -2.33. The summed E-state index contributed by atoms with van der Waals surface area (Å²) in [6.45, 7) is 15.9. The van der Waals surface area contributed by atoms with Crippen molar-refractivity contribution >= 4 is 24.1 Å². The summed E-state index contributed by atoms with van der Waals surface area (Å²) in [5, 5.41) is 13.5. The number of ether oxygens (including phenoxy) is 3. The topological polar surface area (TPSA) is 140 Å². The van der Waals surface area contributed by atoms with Gasteiger partial charge < -0.3 is 30.0 Å². The Morgan fingerprint density at radius 3 is 1.55 bits per heavy atom. The van der Waals surface area contributed by atoms with E-state index in [1.807, 2.05) is 20.8 Å². The van der Waals surface area contributed by atoms with Gasteiger partial charge in [0.1, 0.15) is 17.3 Å². The van der Waals surface area contributed by atoms with Gasteiger partial charge in [0.05, 0.1) is 0 Å². The molecule has 3 N–H and O–H groups in total. The largest absolute Gasteiger partial charge is 0.481 e. The van der Waals surface area contributed by atoms with Crippen LogP contribution >= 0.6 is 0 Å². The second-order valence-electron chi connectivity index (χ2n) is 11.9. The third kappa shape index (κ3) is 31.7. The lowest BCUT2D eigenvalue weighted by molar-refractivity contribution is -0.150. The number of unbranched alkanes of at least 4 members (excludes halogenated alkanes) is 5. The van der Waals surface area contributed by atoms with E-state index in [0.29, 0.717) is 32.4 Å². The van der Waals surface area contributed by atoms with Gasteiger partial charge in [-0.05, 0) is 73.6 Å². The number of hydrogen-bond donors (Lipinski definition) is 3. The second-order valence-corrected chi connectivity index (χ2v) is 11.9. The lowest BCUT2D eigenvalue weighted by Gasteiger charge is -2.20. The zero-order valence-corrected chi connectivity index (χ0v) is 26.5. The number of esters is 1. The van der Waals surface area contributed by atoms with E-state index in [1.165, 1.54) is 25.7 Å². The van der Waals surface area contributed by atoms with Crippen LogP contribution in [0.3, 0.4) is 0 Å². The number of carbonyl (C=O) groups excluding carboxylic acids is 3. The maximum absolute atomic E-state index is 12.1. The highest BCUT2D eigenvalue weighted by Crippen LogP contribution is 2.16. The fraction of sp³-hybridized carbons (Fsp3) is 0.867. The first-order valence-corrected chi connectivity index (χ1v) is 14.9. The average Bonchev–Trinajstić information content (AvgIpc) is 2.81. The van der Waals surface area contributed by atoms with Crippen LogP contribution in [0.5, 0.6) is 0 Å². The molecule has 0 aromatic rings. The van der Waals surface area contributed by atoms with E-state index in [2.05, 4.69) is 24.5 Å². The van der Waals surface area contributed by atoms with Crippen LogP contribution < -0.4 is 10.6 Å². The number of hydrogen-bond acceptors (Lipinski definition) is 7. The molecule has 0 radical (unpaired) electrons. The summed E-state index contributed by atoms with van der Waals surface area (Å²) in [6, 6.07) is 0. The fourth-order valence-electron chi connectivity index (χ4n) is 3.40. The molecule has 0 aromatic carbocycles. The summed E-state index contributed by atoms with van der Waals surface area (Å²) in [6.07, 6.45) is 10.7. The molecule has 0 aliphatic heterocycles. The van der Waals surface area contributed by atoms with Gasteiger partial charge in [-0.1, -0.05) is 52.4 Å². The van der Waals surface area contributed by atoms with Crippen LogP contribution in [0.4, 0.5) is 9.59 Å². The molecule has 0 rings (SSSR count). The van der Waals surface area contributed by atoms with E-state index in [9.17, 15) is 19.2 Å². The maximum atomic E-state index is 12.1. The summed E-state index contributed by atoms with van der Waals surface area (Å²) in [4.78, 5) is 44.8. The minimum absolute atomic E-state index is 0.0443. The molecule has 40 heavy (non-hydrogen) atoms. The third-order valence-electron chi connectivity index (χ3n) is 5.27. The number of alkyl carbamates (subject to hydrolysis) is 2. The standard InChI is InChI=1S/C21H41NO4.C9H17NO4/c1-6-8-10-11-12-15-18(14-9-7-2)25-19(23)16-13-17-22-20(24)26-21(3,4)5;1-9(2,3)14-8(13)10-6-4-5-7(11)12/h18H,6-17H2,1-5H3,(H,22,24);4-6H2,1-3H3,(H,10,13)(H,11,12). The van der Waals surface area contributed by atoms with E-state index in [-0.39, 0.29) is 18.5 Å². The molecule has 0 spiro atoms. The van der Waals surface area contributed by atoms with Crippen molar-refractivity contribution < 1.29 is 38.5 Å². The minimum atomic E-state index is -0.865. The molecule has 0 saturated carbocycles. The van der Waals surface area contributed by atoms with Crippen molar-refractivity contribution in [1.82, 2.24) is 10.6 Å². The lowest BCUT2D eigenvalue weighted by atomic mass is 10.0. The summed E-state index contributed by atoms with van der Waals surface area (Å²) < 4.78 is 15.8. The van der Waals surface area contributed by atoms with Crippen LogP contribution in [0.1, 0.15) is 139 Å². The molecule has 1 unspecified atom stereocenters. The highest BCUT2D eigenvalue weighted by Gasteiger charge is 2.17. The normalized spacial score (nSPS) is 11.9. The van der Waals surface area contributed by atoms with Crippen LogP contribution in [0.25, 0.3) is 0 Å². The Morgan fingerprint density at radius 2 is 1.10 bits per heavy atom. The first-order valence-electron chi connectivity index (χ1n) is 14.9. The highest BCUT2D eigenvalue weighted by molar-refractivity contribution is 5.70. The second kappa shape index (κ2) is 23.2. The molecule has 0 saturated heterocycles. The van der Waals surface area contributed by atoms with Gasteiger partial charge in [-0.25, -0.2) is 9.59 Å². The zero-order valence-electron chi connectivity index (χ0n) is 26.5. The maximum Gasteiger partial charge on any atom is 0.407 e.